The Balaban J connectivity index is 2.35. The van der Waals surface area contributed by atoms with E-state index >= 15 is 0 Å². The van der Waals surface area contributed by atoms with Gasteiger partial charge in [-0.1, -0.05) is 44.8 Å². The largest absolute Gasteiger partial charge is 0.459 e. The van der Waals surface area contributed by atoms with Gasteiger partial charge in [0.25, 0.3) is 0 Å². The fourth-order valence-corrected chi connectivity index (χ4v) is 2.27. The van der Waals surface area contributed by atoms with Crippen molar-refractivity contribution in [3.05, 3.63) is 12.2 Å². The Kier molecular flexibility index (Phi) is 6.56. The predicted octanol–water partition coefficient (Wildman–Crippen LogP) is 3.59. The second-order valence-electron chi connectivity index (χ2n) is 6.37. The first-order valence-corrected chi connectivity index (χ1v) is 7.58. The van der Waals surface area contributed by atoms with Gasteiger partial charge in [-0.2, -0.15) is 0 Å². The topological polar surface area (TPSA) is 38.3 Å². The smallest absolute Gasteiger partial charge is 0.323 e. The molecule has 0 aromatic carbocycles. The molecule has 1 aliphatic rings. The molecule has 3 heteroatoms. The van der Waals surface area contributed by atoms with Crippen LogP contribution >= 0.6 is 0 Å². The zero-order valence-corrected chi connectivity index (χ0v) is 12.9. The number of hydrogen-bond donors (Lipinski definition) is 1. The van der Waals surface area contributed by atoms with Crippen LogP contribution in [0.15, 0.2) is 12.2 Å². The van der Waals surface area contributed by atoms with Crippen LogP contribution in [0.2, 0.25) is 0 Å². The third-order valence-corrected chi connectivity index (χ3v) is 3.22. The number of esters is 1. The zero-order valence-electron chi connectivity index (χ0n) is 12.9. The van der Waals surface area contributed by atoms with Gasteiger partial charge in [0.15, 0.2) is 0 Å². The van der Waals surface area contributed by atoms with Crippen LogP contribution in [0.3, 0.4) is 0 Å². The summed E-state index contributed by atoms with van der Waals surface area (Å²) in [6, 6.07) is 0.142. The molecule has 110 valence electrons. The van der Waals surface area contributed by atoms with Gasteiger partial charge in [-0.05, 0) is 33.6 Å². The highest BCUT2D eigenvalue weighted by molar-refractivity contribution is 5.76. The van der Waals surface area contributed by atoms with E-state index in [9.17, 15) is 4.79 Å². The van der Waals surface area contributed by atoms with Crippen LogP contribution in [0.1, 0.15) is 66.2 Å². The van der Waals surface area contributed by atoms with Gasteiger partial charge in [0.1, 0.15) is 11.6 Å². The van der Waals surface area contributed by atoms with E-state index in [2.05, 4.69) is 24.4 Å². The quantitative estimate of drug-likeness (QED) is 0.454. The van der Waals surface area contributed by atoms with Gasteiger partial charge in [0.2, 0.25) is 0 Å². The summed E-state index contributed by atoms with van der Waals surface area (Å²) in [6.45, 7) is 7.95. The number of carbonyl (C=O) groups excluding carboxylic acids is 1. The van der Waals surface area contributed by atoms with Gasteiger partial charge < -0.3 is 4.74 Å². The Morgan fingerprint density at radius 2 is 2.05 bits per heavy atom. The standard InChI is InChI=1S/C16H29NO2/c1-5-6-7-8-10-13-11-9-12-14(17-13)15(18)19-16(2,3)4/h9,11,13-14,17H,5-8,10,12H2,1-4H3/t13-,14-/m1/s1. The predicted molar refractivity (Wildman–Crippen MR) is 79.1 cm³/mol. The molecule has 2 atom stereocenters. The Morgan fingerprint density at radius 3 is 2.68 bits per heavy atom. The van der Waals surface area contributed by atoms with Gasteiger partial charge >= 0.3 is 5.97 Å². The molecule has 1 N–H and O–H groups in total. The summed E-state index contributed by atoms with van der Waals surface area (Å²) in [6.07, 6.45) is 11.2. The Bertz CT molecular complexity index is 304. The summed E-state index contributed by atoms with van der Waals surface area (Å²) in [4.78, 5) is 12.0. The molecule has 0 aromatic heterocycles. The first kappa shape index (κ1) is 16.2. The van der Waals surface area contributed by atoms with Crippen LogP contribution in [0.5, 0.6) is 0 Å². The molecular formula is C16H29NO2. The third-order valence-electron chi connectivity index (χ3n) is 3.22. The van der Waals surface area contributed by atoms with Crippen molar-refractivity contribution in [2.45, 2.75) is 83.9 Å². The van der Waals surface area contributed by atoms with Crippen LogP contribution in [0.25, 0.3) is 0 Å². The minimum absolute atomic E-state index is 0.129. The van der Waals surface area contributed by atoms with E-state index in [1.807, 2.05) is 20.8 Å². The number of unbranched alkanes of at least 4 members (excludes halogenated alkanes) is 3. The number of carbonyl (C=O) groups is 1. The van der Waals surface area contributed by atoms with Crippen molar-refractivity contribution in [2.75, 3.05) is 0 Å². The monoisotopic (exact) mass is 267 g/mol. The van der Waals surface area contributed by atoms with E-state index in [0.717, 1.165) is 12.8 Å². The molecule has 0 bridgehead atoms. The zero-order chi connectivity index (χ0) is 14.3. The van der Waals surface area contributed by atoms with E-state index in [-0.39, 0.29) is 12.0 Å². The van der Waals surface area contributed by atoms with Gasteiger partial charge in [-0.15, -0.1) is 0 Å². The third kappa shape index (κ3) is 6.76. The molecule has 0 spiro atoms. The molecule has 0 radical (unpaired) electrons. The number of nitrogens with one attached hydrogen (secondary N) is 1. The van der Waals surface area contributed by atoms with Crippen LogP contribution in [-0.4, -0.2) is 23.7 Å². The molecule has 1 aliphatic heterocycles. The Hall–Kier alpha value is -0.830. The summed E-state index contributed by atoms with van der Waals surface area (Å²) < 4.78 is 5.43. The second-order valence-corrected chi connectivity index (χ2v) is 6.37. The van der Waals surface area contributed by atoms with E-state index < -0.39 is 5.60 Å². The first-order chi connectivity index (χ1) is 8.92. The minimum Gasteiger partial charge on any atom is -0.459 e. The summed E-state index contributed by atoms with van der Waals surface area (Å²) in [5.74, 6) is -0.129. The summed E-state index contributed by atoms with van der Waals surface area (Å²) in [5, 5.41) is 3.39. The maximum atomic E-state index is 12.0. The van der Waals surface area contributed by atoms with Crippen LogP contribution in [0, 0.1) is 0 Å². The van der Waals surface area contributed by atoms with Crippen molar-refractivity contribution in [3.63, 3.8) is 0 Å². The van der Waals surface area contributed by atoms with Crippen molar-refractivity contribution in [2.24, 2.45) is 0 Å². The molecule has 19 heavy (non-hydrogen) atoms. The van der Waals surface area contributed by atoms with Crippen LogP contribution < -0.4 is 5.32 Å². The summed E-state index contributed by atoms with van der Waals surface area (Å²) in [5.41, 5.74) is -0.406. The maximum absolute atomic E-state index is 12.0. The van der Waals surface area contributed by atoms with E-state index in [1.165, 1.54) is 25.7 Å². The number of rotatable bonds is 6. The molecule has 0 fully saturated rings. The number of hydrogen-bond acceptors (Lipinski definition) is 3. The fraction of sp³-hybridized carbons (Fsp3) is 0.812. The minimum atomic E-state index is -0.406. The average molecular weight is 267 g/mol. The summed E-state index contributed by atoms with van der Waals surface area (Å²) >= 11 is 0. The Morgan fingerprint density at radius 1 is 1.32 bits per heavy atom. The highest BCUT2D eigenvalue weighted by atomic mass is 16.6. The van der Waals surface area contributed by atoms with Crippen molar-refractivity contribution in [3.8, 4) is 0 Å². The highest BCUT2D eigenvalue weighted by Crippen LogP contribution is 2.15. The average Bonchev–Trinajstić information content (AvgIpc) is 2.33. The molecule has 1 heterocycles. The Labute approximate surface area is 117 Å². The molecule has 3 nitrogen and oxygen atoms in total. The maximum Gasteiger partial charge on any atom is 0.323 e. The van der Waals surface area contributed by atoms with E-state index in [4.69, 9.17) is 4.74 Å². The molecule has 1 rings (SSSR count). The summed E-state index contributed by atoms with van der Waals surface area (Å²) in [7, 11) is 0. The van der Waals surface area contributed by atoms with Crippen LogP contribution in [-0.2, 0) is 9.53 Å². The van der Waals surface area contributed by atoms with Crippen LogP contribution in [0.4, 0.5) is 0 Å². The van der Waals surface area contributed by atoms with Gasteiger partial charge in [0, 0.05) is 6.04 Å². The molecular weight excluding hydrogens is 238 g/mol. The van der Waals surface area contributed by atoms with Gasteiger partial charge in [-0.25, -0.2) is 0 Å². The SMILES string of the molecule is CCCCCC[C@@H]1C=CC[C@H](C(=O)OC(C)(C)C)N1. The van der Waals surface area contributed by atoms with E-state index in [1.54, 1.807) is 0 Å². The van der Waals surface area contributed by atoms with Crippen molar-refractivity contribution in [1.82, 2.24) is 5.32 Å². The van der Waals surface area contributed by atoms with E-state index in [0.29, 0.717) is 6.04 Å². The highest BCUT2D eigenvalue weighted by Gasteiger charge is 2.27. The van der Waals surface area contributed by atoms with Crippen molar-refractivity contribution >= 4 is 5.97 Å². The molecule has 0 saturated carbocycles. The molecule has 0 aliphatic carbocycles. The lowest BCUT2D eigenvalue weighted by molar-refractivity contribution is -0.157. The lowest BCUT2D eigenvalue weighted by Crippen LogP contribution is -2.47. The van der Waals surface area contributed by atoms with Crippen molar-refractivity contribution in [1.29, 1.82) is 0 Å². The molecule has 0 aromatic rings. The second kappa shape index (κ2) is 7.68. The molecule has 0 amide bonds. The first-order valence-electron chi connectivity index (χ1n) is 7.58. The fourth-order valence-electron chi connectivity index (χ4n) is 2.27. The lowest BCUT2D eigenvalue weighted by atomic mass is 10.0. The molecule has 0 saturated heterocycles. The molecule has 0 unspecified atom stereocenters. The van der Waals surface area contributed by atoms with Gasteiger partial charge in [0.05, 0.1) is 0 Å². The van der Waals surface area contributed by atoms with Gasteiger partial charge in [-0.3, -0.25) is 10.1 Å². The lowest BCUT2D eigenvalue weighted by Gasteiger charge is -2.28. The van der Waals surface area contributed by atoms with Crippen molar-refractivity contribution < 1.29 is 9.53 Å². The normalized spacial score (nSPS) is 23.4. The number of ether oxygens (including phenoxy) is 1.